The first kappa shape index (κ1) is 18.6. The molecule has 0 bridgehead atoms. The van der Waals surface area contributed by atoms with E-state index in [1.54, 1.807) is 29.2 Å². The molecule has 0 aliphatic carbocycles. The van der Waals surface area contributed by atoms with Gasteiger partial charge in [0.15, 0.2) is 5.82 Å². The fourth-order valence-electron chi connectivity index (χ4n) is 3.02. The number of pyridine rings is 1. The molecule has 6 nitrogen and oxygen atoms in total. The Labute approximate surface area is 171 Å². The lowest BCUT2D eigenvalue weighted by molar-refractivity contribution is 0.601. The van der Waals surface area contributed by atoms with Crippen LogP contribution in [0.2, 0.25) is 0 Å². The molecule has 2 heterocycles. The van der Waals surface area contributed by atoms with Gasteiger partial charge < -0.3 is 0 Å². The van der Waals surface area contributed by atoms with E-state index in [2.05, 4.69) is 36.8 Å². The van der Waals surface area contributed by atoms with E-state index in [9.17, 15) is 8.42 Å². The number of halogens is 1. The van der Waals surface area contributed by atoms with E-state index in [0.717, 1.165) is 16.5 Å². The van der Waals surface area contributed by atoms with E-state index < -0.39 is 10.0 Å². The number of hydrogen-bond acceptors (Lipinski definition) is 4. The van der Waals surface area contributed by atoms with Crippen LogP contribution in [0.4, 0.5) is 5.82 Å². The zero-order chi connectivity index (χ0) is 19.7. The van der Waals surface area contributed by atoms with Crippen molar-refractivity contribution in [3.8, 4) is 0 Å². The number of rotatable bonds is 5. The molecule has 0 unspecified atom stereocenters. The predicted molar refractivity (Wildman–Crippen MR) is 113 cm³/mol. The van der Waals surface area contributed by atoms with Gasteiger partial charge in [-0.05, 0) is 40.5 Å². The molecule has 0 fully saturated rings. The average molecular weight is 457 g/mol. The number of aryl methyl sites for hydroxylation is 1. The number of nitrogens with zero attached hydrogens (tertiary/aromatic N) is 3. The molecule has 0 atom stereocenters. The van der Waals surface area contributed by atoms with E-state index >= 15 is 0 Å². The van der Waals surface area contributed by atoms with Crippen molar-refractivity contribution < 1.29 is 8.42 Å². The molecular formula is C20H17BrN4O2S. The fourth-order valence-corrected chi connectivity index (χ4v) is 4.76. The van der Waals surface area contributed by atoms with Crippen LogP contribution < -0.4 is 4.72 Å². The van der Waals surface area contributed by atoms with Crippen LogP contribution in [0.5, 0.6) is 0 Å². The Bertz CT molecular complexity index is 1260. The molecule has 0 spiro atoms. The highest BCUT2D eigenvalue weighted by Gasteiger charge is 2.21. The third-order valence-corrected chi connectivity index (χ3v) is 6.21. The van der Waals surface area contributed by atoms with E-state index in [1.165, 1.54) is 6.07 Å². The van der Waals surface area contributed by atoms with Crippen molar-refractivity contribution in [1.29, 1.82) is 0 Å². The van der Waals surface area contributed by atoms with Crippen LogP contribution in [0, 0.1) is 6.92 Å². The summed E-state index contributed by atoms with van der Waals surface area (Å²) in [6.45, 7) is 2.57. The average Bonchev–Trinajstić information content (AvgIpc) is 2.99. The summed E-state index contributed by atoms with van der Waals surface area (Å²) in [6.07, 6.45) is 3.33. The minimum Gasteiger partial charge on any atom is -0.265 e. The maximum Gasteiger partial charge on any atom is 0.265 e. The summed E-state index contributed by atoms with van der Waals surface area (Å²) in [6, 6.07) is 16.8. The Balaban J connectivity index is 1.64. The molecule has 28 heavy (non-hydrogen) atoms. The SMILES string of the molecule is Cc1cccc(Cn2cc(Br)c(NS(=O)(=O)c3cccc4cccnc34)n2)c1. The highest BCUT2D eigenvalue weighted by Crippen LogP contribution is 2.26. The Morgan fingerprint density at radius 1 is 1.11 bits per heavy atom. The summed E-state index contributed by atoms with van der Waals surface area (Å²) < 4.78 is 30.7. The van der Waals surface area contributed by atoms with Crippen molar-refractivity contribution in [3.63, 3.8) is 0 Å². The number of nitrogens with one attached hydrogen (secondary N) is 1. The molecule has 142 valence electrons. The van der Waals surface area contributed by atoms with Gasteiger partial charge >= 0.3 is 0 Å². The second-order valence-corrected chi connectivity index (χ2v) is 8.95. The van der Waals surface area contributed by atoms with Crippen LogP contribution in [0.1, 0.15) is 11.1 Å². The van der Waals surface area contributed by atoms with Gasteiger partial charge in [0.25, 0.3) is 10.0 Å². The molecule has 0 aliphatic heterocycles. The van der Waals surface area contributed by atoms with Crippen molar-refractivity contribution in [2.75, 3.05) is 4.72 Å². The molecule has 4 aromatic rings. The fraction of sp³-hybridized carbons (Fsp3) is 0.100. The number of para-hydroxylation sites is 1. The highest BCUT2D eigenvalue weighted by atomic mass is 79.9. The number of hydrogen-bond donors (Lipinski definition) is 1. The van der Waals surface area contributed by atoms with Crippen molar-refractivity contribution in [3.05, 3.63) is 82.6 Å². The highest BCUT2D eigenvalue weighted by molar-refractivity contribution is 9.10. The smallest absolute Gasteiger partial charge is 0.265 e. The quantitative estimate of drug-likeness (QED) is 0.484. The molecule has 2 aromatic heterocycles. The molecule has 0 saturated heterocycles. The molecule has 0 radical (unpaired) electrons. The van der Waals surface area contributed by atoms with E-state index in [0.29, 0.717) is 16.5 Å². The molecule has 0 amide bonds. The summed E-state index contributed by atoms with van der Waals surface area (Å²) in [5.41, 5.74) is 2.67. The van der Waals surface area contributed by atoms with Crippen LogP contribution >= 0.6 is 15.9 Å². The molecule has 1 N–H and O–H groups in total. The maximum atomic E-state index is 13.0. The number of benzene rings is 2. The first-order valence-corrected chi connectivity index (χ1v) is 10.8. The Hall–Kier alpha value is -2.71. The Kier molecular flexibility index (Phi) is 4.91. The van der Waals surface area contributed by atoms with E-state index in [1.807, 2.05) is 37.3 Å². The standard InChI is InChI=1S/C20H17BrN4O2S/c1-14-5-2-6-15(11-14)12-25-13-17(21)20(23-25)24-28(26,27)18-9-3-7-16-8-4-10-22-19(16)18/h2-11,13H,12H2,1H3,(H,23,24). The minimum atomic E-state index is -3.85. The van der Waals surface area contributed by atoms with E-state index in [-0.39, 0.29) is 10.7 Å². The number of anilines is 1. The van der Waals surface area contributed by atoms with E-state index in [4.69, 9.17) is 0 Å². The van der Waals surface area contributed by atoms with Gasteiger partial charge in [-0.15, -0.1) is 0 Å². The lowest BCUT2D eigenvalue weighted by Crippen LogP contribution is -2.15. The van der Waals surface area contributed by atoms with Crippen LogP contribution in [-0.4, -0.2) is 23.2 Å². The van der Waals surface area contributed by atoms with Gasteiger partial charge in [-0.2, -0.15) is 5.10 Å². The molecule has 2 aromatic carbocycles. The molecule has 4 rings (SSSR count). The molecule has 8 heteroatoms. The van der Waals surface area contributed by atoms with Gasteiger partial charge in [0.2, 0.25) is 0 Å². The summed E-state index contributed by atoms with van der Waals surface area (Å²) >= 11 is 3.39. The first-order chi connectivity index (χ1) is 13.4. The van der Waals surface area contributed by atoms with Crippen LogP contribution in [-0.2, 0) is 16.6 Å². The maximum absolute atomic E-state index is 13.0. The largest absolute Gasteiger partial charge is 0.265 e. The third kappa shape index (κ3) is 3.79. The van der Waals surface area contributed by atoms with Gasteiger partial charge in [-0.3, -0.25) is 14.4 Å². The normalized spacial score (nSPS) is 11.6. The number of aromatic nitrogens is 3. The summed E-state index contributed by atoms with van der Waals surface area (Å²) in [4.78, 5) is 4.34. The third-order valence-electron chi connectivity index (χ3n) is 4.26. The van der Waals surface area contributed by atoms with Gasteiger partial charge in [0.05, 0.1) is 16.5 Å². The van der Waals surface area contributed by atoms with Gasteiger partial charge in [-0.1, -0.05) is 48.0 Å². The topological polar surface area (TPSA) is 76.9 Å². The lowest BCUT2D eigenvalue weighted by Gasteiger charge is -2.08. The lowest BCUT2D eigenvalue weighted by atomic mass is 10.1. The van der Waals surface area contributed by atoms with Crippen molar-refractivity contribution in [2.24, 2.45) is 0 Å². The molecule has 0 saturated carbocycles. The summed E-state index contributed by atoms with van der Waals surface area (Å²) in [5.74, 6) is 0.237. The molecular weight excluding hydrogens is 440 g/mol. The number of sulfonamides is 1. The number of fused-ring (bicyclic) bond motifs is 1. The van der Waals surface area contributed by atoms with Gasteiger partial charge in [0, 0.05) is 17.8 Å². The Morgan fingerprint density at radius 3 is 2.71 bits per heavy atom. The summed E-state index contributed by atoms with van der Waals surface area (Å²) in [5, 5.41) is 5.14. The van der Waals surface area contributed by atoms with Crippen LogP contribution in [0.25, 0.3) is 10.9 Å². The predicted octanol–water partition coefficient (Wildman–Crippen LogP) is 4.35. The first-order valence-electron chi connectivity index (χ1n) is 8.57. The van der Waals surface area contributed by atoms with Gasteiger partial charge in [0.1, 0.15) is 4.90 Å². The monoisotopic (exact) mass is 456 g/mol. The van der Waals surface area contributed by atoms with Gasteiger partial charge in [-0.25, -0.2) is 8.42 Å². The van der Waals surface area contributed by atoms with Crippen molar-refractivity contribution >= 4 is 42.7 Å². The zero-order valence-corrected chi connectivity index (χ0v) is 17.4. The van der Waals surface area contributed by atoms with Crippen molar-refractivity contribution in [2.45, 2.75) is 18.4 Å². The molecule has 0 aliphatic rings. The Morgan fingerprint density at radius 2 is 1.89 bits per heavy atom. The second-order valence-electron chi connectivity index (χ2n) is 6.45. The summed E-state index contributed by atoms with van der Waals surface area (Å²) in [7, 11) is -3.85. The van der Waals surface area contributed by atoms with Crippen LogP contribution in [0.3, 0.4) is 0 Å². The van der Waals surface area contributed by atoms with Crippen molar-refractivity contribution in [1.82, 2.24) is 14.8 Å². The zero-order valence-electron chi connectivity index (χ0n) is 15.0. The van der Waals surface area contributed by atoms with Crippen LogP contribution in [0.15, 0.2) is 76.4 Å². The minimum absolute atomic E-state index is 0.116. The second kappa shape index (κ2) is 7.37.